The first-order chi connectivity index (χ1) is 13.5. The minimum absolute atomic E-state index is 0.127. The van der Waals surface area contributed by atoms with Gasteiger partial charge >= 0.3 is 0 Å². The van der Waals surface area contributed by atoms with Crippen LogP contribution in [-0.4, -0.2) is 39.5 Å². The van der Waals surface area contributed by atoms with Crippen LogP contribution in [0.5, 0.6) is 0 Å². The van der Waals surface area contributed by atoms with Crippen molar-refractivity contribution in [3.63, 3.8) is 0 Å². The Bertz CT molecular complexity index is 1020. The summed E-state index contributed by atoms with van der Waals surface area (Å²) in [6.45, 7) is 3.26. The molecule has 3 aromatic heterocycles. The Balaban J connectivity index is 1.65. The minimum atomic E-state index is -0.127. The average Bonchev–Trinajstić information content (AvgIpc) is 2.86. The van der Waals surface area contributed by atoms with E-state index in [0.29, 0.717) is 17.6 Å². The van der Waals surface area contributed by atoms with Crippen molar-refractivity contribution in [2.75, 3.05) is 19.0 Å². The van der Waals surface area contributed by atoms with Crippen LogP contribution in [0.2, 0.25) is 0 Å². The standard InChI is InChI=1S/C21H26N6O/c1-14-12-16(18-20(24-14)27-11-6-4-5-9-17(27)25-18)21(28)23-13-15-8-7-10-22-19(15)26(2)3/h7-8,10,12H,4-6,9,11,13H2,1-3H3,(H,23,28). The largest absolute Gasteiger partial charge is 0.362 e. The van der Waals surface area contributed by atoms with E-state index in [4.69, 9.17) is 9.97 Å². The summed E-state index contributed by atoms with van der Waals surface area (Å²) in [5, 5.41) is 3.04. The molecule has 0 bridgehead atoms. The van der Waals surface area contributed by atoms with E-state index in [2.05, 4.69) is 14.9 Å². The van der Waals surface area contributed by atoms with Crippen LogP contribution in [-0.2, 0) is 19.5 Å². The summed E-state index contributed by atoms with van der Waals surface area (Å²) in [5.41, 5.74) is 3.94. The van der Waals surface area contributed by atoms with Crippen molar-refractivity contribution < 1.29 is 4.79 Å². The lowest BCUT2D eigenvalue weighted by Crippen LogP contribution is -2.25. The first-order valence-electron chi connectivity index (χ1n) is 9.81. The van der Waals surface area contributed by atoms with E-state index in [1.807, 2.05) is 44.1 Å². The number of carbonyl (C=O) groups excluding carboxylic acids is 1. The van der Waals surface area contributed by atoms with Gasteiger partial charge in [-0.25, -0.2) is 15.0 Å². The number of imidazole rings is 1. The fourth-order valence-electron chi connectivity index (χ4n) is 3.83. The van der Waals surface area contributed by atoms with Crippen LogP contribution < -0.4 is 10.2 Å². The number of nitrogens with one attached hydrogen (secondary N) is 1. The van der Waals surface area contributed by atoms with Crippen LogP contribution in [0.3, 0.4) is 0 Å². The van der Waals surface area contributed by atoms with Crippen LogP contribution in [0.1, 0.15) is 46.7 Å². The summed E-state index contributed by atoms with van der Waals surface area (Å²) in [4.78, 5) is 28.9. The van der Waals surface area contributed by atoms with Crippen molar-refractivity contribution in [2.45, 2.75) is 45.7 Å². The molecule has 0 atom stereocenters. The van der Waals surface area contributed by atoms with Gasteiger partial charge in [0.1, 0.15) is 17.2 Å². The molecular weight excluding hydrogens is 352 g/mol. The van der Waals surface area contributed by atoms with Gasteiger partial charge in [0.2, 0.25) is 0 Å². The van der Waals surface area contributed by atoms with E-state index in [1.165, 1.54) is 6.42 Å². The highest BCUT2D eigenvalue weighted by Gasteiger charge is 2.21. The molecule has 1 amide bonds. The molecule has 0 saturated heterocycles. The van der Waals surface area contributed by atoms with Crippen LogP contribution in [0.25, 0.3) is 11.2 Å². The topological polar surface area (TPSA) is 75.9 Å². The highest BCUT2D eigenvalue weighted by Crippen LogP contribution is 2.24. The van der Waals surface area contributed by atoms with Gasteiger partial charge in [0, 0.05) is 51.1 Å². The van der Waals surface area contributed by atoms with E-state index >= 15 is 0 Å². The Morgan fingerprint density at radius 3 is 2.93 bits per heavy atom. The van der Waals surface area contributed by atoms with Crippen molar-refractivity contribution >= 4 is 22.9 Å². The van der Waals surface area contributed by atoms with Crippen molar-refractivity contribution in [2.24, 2.45) is 0 Å². The molecule has 0 spiro atoms. The second kappa shape index (κ2) is 7.58. The Morgan fingerprint density at radius 2 is 2.11 bits per heavy atom. The molecule has 1 aliphatic rings. The third-order valence-corrected chi connectivity index (χ3v) is 5.17. The van der Waals surface area contributed by atoms with Gasteiger partial charge in [-0.05, 0) is 31.9 Å². The zero-order valence-electron chi connectivity index (χ0n) is 16.7. The number of amides is 1. The lowest BCUT2D eigenvalue weighted by atomic mass is 10.1. The molecule has 0 saturated carbocycles. The Labute approximate surface area is 164 Å². The van der Waals surface area contributed by atoms with Crippen molar-refractivity contribution in [1.29, 1.82) is 0 Å². The van der Waals surface area contributed by atoms with Crippen molar-refractivity contribution in [3.8, 4) is 0 Å². The molecule has 1 aliphatic heterocycles. The highest BCUT2D eigenvalue weighted by atomic mass is 16.1. The molecular formula is C21H26N6O. The quantitative estimate of drug-likeness (QED) is 0.755. The van der Waals surface area contributed by atoms with Crippen molar-refractivity contribution in [3.05, 3.63) is 47.0 Å². The number of aromatic nitrogens is 4. The number of hydrogen-bond acceptors (Lipinski definition) is 5. The maximum Gasteiger partial charge on any atom is 0.253 e. The van der Waals surface area contributed by atoms with Crippen molar-refractivity contribution in [1.82, 2.24) is 24.8 Å². The maximum absolute atomic E-state index is 13.0. The van der Waals surface area contributed by atoms with Gasteiger partial charge in [-0.15, -0.1) is 0 Å². The number of pyridine rings is 2. The Hall–Kier alpha value is -2.96. The number of aryl methyl sites for hydroxylation is 3. The van der Waals surface area contributed by atoms with Crippen LogP contribution in [0.15, 0.2) is 24.4 Å². The summed E-state index contributed by atoms with van der Waals surface area (Å²) >= 11 is 0. The maximum atomic E-state index is 13.0. The molecule has 1 N–H and O–H groups in total. The van der Waals surface area contributed by atoms with Gasteiger partial charge in [-0.1, -0.05) is 12.5 Å². The molecule has 3 aromatic rings. The van der Waals surface area contributed by atoms with Gasteiger partial charge in [0.05, 0.1) is 5.56 Å². The van der Waals surface area contributed by atoms with E-state index in [1.54, 1.807) is 6.20 Å². The average molecular weight is 378 g/mol. The first-order valence-corrected chi connectivity index (χ1v) is 9.81. The molecule has 7 heteroatoms. The number of fused-ring (bicyclic) bond motifs is 3. The predicted octanol–water partition coefficient (Wildman–Crippen LogP) is 2.86. The van der Waals surface area contributed by atoms with Crippen LogP contribution >= 0.6 is 0 Å². The summed E-state index contributed by atoms with van der Waals surface area (Å²) in [7, 11) is 3.89. The smallest absolute Gasteiger partial charge is 0.253 e. The molecule has 0 fully saturated rings. The Kier molecular flexibility index (Phi) is 4.98. The molecule has 0 aromatic carbocycles. The lowest BCUT2D eigenvalue weighted by molar-refractivity contribution is 0.0952. The molecule has 0 aliphatic carbocycles. The Morgan fingerprint density at radius 1 is 1.25 bits per heavy atom. The SMILES string of the molecule is Cc1cc(C(=O)NCc2cccnc2N(C)C)c2nc3n(c2n1)CCCCC3. The molecule has 28 heavy (non-hydrogen) atoms. The zero-order valence-corrected chi connectivity index (χ0v) is 16.7. The number of hydrogen-bond donors (Lipinski definition) is 1. The summed E-state index contributed by atoms with van der Waals surface area (Å²) in [6.07, 6.45) is 6.18. The van der Waals surface area contributed by atoms with Gasteiger partial charge in [-0.3, -0.25) is 4.79 Å². The number of carbonyl (C=O) groups is 1. The molecule has 146 valence electrons. The lowest BCUT2D eigenvalue weighted by Gasteiger charge is -2.16. The molecule has 7 nitrogen and oxygen atoms in total. The molecule has 0 unspecified atom stereocenters. The fraction of sp³-hybridized carbons (Fsp3) is 0.429. The normalized spacial score (nSPS) is 13.8. The predicted molar refractivity (Wildman–Crippen MR) is 110 cm³/mol. The van der Waals surface area contributed by atoms with Gasteiger partial charge in [0.25, 0.3) is 5.91 Å². The third kappa shape index (κ3) is 3.44. The van der Waals surface area contributed by atoms with E-state index < -0.39 is 0 Å². The zero-order chi connectivity index (χ0) is 19.7. The summed E-state index contributed by atoms with van der Waals surface area (Å²) in [5.74, 6) is 1.77. The monoisotopic (exact) mass is 378 g/mol. The fourth-order valence-corrected chi connectivity index (χ4v) is 3.83. The van der Waals surface area contributed by atoms with E-state index in [0.717, 1.165) is 54.4 Å². The van der Waals surface area contributed by atoms with E-state index in [-0.39, 0.29) is 5.91 Å². The second-order valence-electron chi connectivity index (χ2n) is 7.54. The van der Waals surface area contributed by atoms with Crippen LogP contribution in [0, 0.1) is 6.92 Å². The van der Waals surface area contributed by atoms with Gasteiger partial charge < -0.3 is 14.8 Å². The molecule has 4 rings (SSSR count). The number of nitrogens with zero attached hydrogens (tertiary/aromatic N) is 5. The molecule has 0 radical (unpaired) electrons. The highest BCUT2D eigenvalue weighted by molar-refractivity contribution is 6.04. The first kappa shape index (κ1) is 18.4. The number of rotatable bonds is 4. The minimum Gasteiger partial charge on any atom is -0.362 e. The summed E-state index contributed by atoms with van der Waals surface area (Å²) in [6, 6.07) is 5.70. The third-order valence-electron chi connectivity index (χ3n) is 5.17. The second-order valence-corrected chi connectivity index (χ2v) is 7.54. The number of anilines is 1. The van der Waals surface area contributed by atoms with Crippen LogP contribution in [0.4, 0.5) is 5.82 Å². The summed E-state index contributed by atoms with van der Waals surface area (Å²) < 4.78 is 2.19. The van der Waals surface area contributed by atoms with Gasteiger partial charge in [0.15, 0.2) is 5.65 Å². The van der Waals surface area contributed by atoms with Gasteiger partial charge in [-0.2, -0.15) is 0 Å². The molecule has 4 heterocycles. The van der Waals surface area contributed by atoms with E-state index in [9.17, 15) is 4.79 Å².